The van der Waals surface area contributed by atoms with Gasteiger partial charge in [0.05, 0.1) is 37.2 Å². The van der Waals surface area contributed by atoms with Crippen molar-refractivity contribution in [1.82, 2.24) is 0 Å². The number of rotatable bonds is 3. The van der Waals surface area contributed by atoms with Crippen LogP contribution in [0.5, 0.6) is 0 Å². The Kier molecular flexibility index (Phi) is 5.96. The second-order valence-electron chi connectivity index (χ2n) is 8.94. The van der Waals surface area contributed by atoms with Crippen LogP contribution >= 0.6 is 0 Å². The van der Waals surface area contributed by atoms with E-state index in [2.05, 4.69) is 19.2 Å². The third-order valence-corrected chi connectivity index (χ3v) is 6.58. The number of ether oxygens (including phenoxy) is 2. The number of carbonyl (C=O) groups is 2. The predicted molar refractivity (Wildman–Crippen MR) is 114 cm³/mol. The van der Waals surface area contributed by atoms with Crippen molar-refractivity contribution in [1.29, 1.82) is 0 Å². The summed E-state index contributed by atoms with van der Waals surface area (Å²) in [5.41, 5.74) is 9.76. The van der Waals surface area contributed by atoms with Gasteiger partial charge in [0.15, 0.2) is 0 Å². The highest BCUT2D eigenvalue weighted by Gasteiger charge is 2.41. The van der Waals surface area contributed by atoms with Crippen molar-refractivity contribution in [3.05, 3.63) is 17.7 Å². The molecular weight excluding hydrogens is 370 g/mol. The Balaban J connectivity index is 1.80. The van der Waals surface area contributed by atoms with Gasteiger partial charge in [-0.25, -0.2) is 4.79 Å². The molecule has 1 aliphatic heterocycles. The zero-order chi connectivity index (χ0) is 21.3. The van der Waals surface area contributed by atoms with Gasteiger partial charge in [-0.3, -0.25) is 9.69 Å². The Labute approximate surface area is 172 Å². The summed E-state index contributed by atoms with van der Waals surface area (Å²) in [6, 6.07) is 4.20. The number of nitrogens with two attached hydrogens (primary N) is 1. The van der Waals surface area contributed by atoms with Gasteiger partial charge in [0.25, 0.3) is 0 Å². The zero-order valence-corrected chi connectivity index (χ0v) is 18.1. The van der Waals surface area contributed by atoms with E-state index in [9.17, 15) is 9.59 Å². The molecule has 0 spiro atoms. The van der Waals surface area contributed by atoms with Crippen molar-refractivity contribution in [2.45, 2.75) is 65.0 Å². The fourth-order valence-corrected chi connectivity index (χ4v) is 4.92. The smallest absolute Gasteiger partial charge is 0.414 e. The number of methoxy groups -OCH3 is 2. The van der Waals surface area contributed by atoms with Crippen LogP contribution in [-0.4, -0.2) is 38.4 Å². The Hall–Kier alpha value is -2.44. The SMILES string of the molecule is COC(=O)C1CCC(Nc2ccc3c(c2N)CCC(C)N3C(=O)OC)CC1(C)C. The molecule has 3 unspecified atom stereocenters. The Morgan fingerprint density at radius 1 is 1.17 bits per heavy atom. The normalized spacial score (nSPS) is 25.7. The summed E-state index contributed by atoms with van der Waals surface area (Å²) >= 11 is 0. The fraction of sp³-hybridized carbons (Fsp3) is 0.636. The lowest BCUT2D eigenvalue weighted by atomic mass is 9.67. The minimum Gasteiger partial charge on any atom is -0.469 e. The summed E-state index contributed by atoms with van der Waals surface area (Å²) in [7, 11) is 2.85. The lowest BCUT2D eigenvalue weighted by molar-refractivity contribution is -0.151. The van der Waals surface area contributed by atoms with Crippen LogP contribution in [0.2, 0.25) is 0 Å². The van der Waals surface area contributed by atoms with E-state index in [4.69, 9.17) is 15.2 Å². The van der Waals surface area contributed by atoms with E-state index in [1.54, 1.807) is 4.90 Å². The molecule has 0 saturated heterocycles. The third-order valence-electron chi connectivity index (χ3n) is 6.58. The fourth-order valence-electron chi connectivity index (χ4n) is 4.92. The standard InChI is InChI=1S/C22H33N3O4/c1-13-6-8-15-18(25(13)21(27)29-5)11-10-17(19(15)23)24-14-7-9-16(20(26)28-4)22(2,3)12-14/h10-11,13-14,16,24H,6-9,12,23H2,1-5H3. The minimum atomic E-state index is -0.360. The van der Waals surface area contributed by atoms with E-state index >= 15 is 0 Å². The molecule has 160 valence electrons. The molecule has 0 aromatic heterocycles. The second-order valence-corrected chi connectivity index (χ2v) is 8.94. The molecule has 0 radical (unpaired) electrons. The summed E-state index contributed by atoms with van der Waals surface area (Å²) in [6.07, 6.45) is 3.83. The van der Waals surface area contributed by atoms with Gasteiger partial charge < -0.3 is 20.5 Å². The predicted octanol–water partition coefficient (Wildman–Crippen LogP) is 3.96. The quantitative estimate of drug-likeness (QED) is 0.586. The molecule has 7 heteroatoms. The first-order valence-corrected chi connectivity index (χ1v) is 10.3. The number of fused-ring (bicyclic) bond motifs is 1. The number of esters is 1. The van der Waals surface area contributed by atoms with E-state index in [1.807, 2.05) is 19.1 Å². The van der Waals surface area contributed by atoms with Crippen molar-refractivity contribution < 1.29 is 19.1 Å². The topological polar surface area (TPSA) is 93.9 Å². The van der Waals surface area contributed by atoms with E-state index in [0.29, 0.717) is 5.69 Å². The first-order valence-electron chi connectivity index (χ1n) is 10.3. The van der Waals surface area contributed by atoms with Crippen LogP contribution in [0.3, 0.4) is 0 Å². The molecular formula is C22H33N3O4. The summed E-state index contributed by atoms with van der Waals surface area (Å²) < 4.78 is 9.95. The number of amides is 1. The minimum absolute atomic E-state index is 0.0718. The van der Waals surface area contributed by atoms with Crippen LogP contribution in [0.15, 0.2) is 12.1 Å². The number of anilines is 3. The van der Waals surface area contributed by atoms with Crippen LogP contribution in [-0.2, 0) is 20.7 Å². The first kappa shape index (κ1) is 21.3. The number of benzene rings is 1. The Morgan fingerprint density at radius 2 is 1.90 bits per heavy atom. The average Bonchev–Trinajstić information content (AvgIpc) is 2.68. The van der Waals surface area contributed by atoms with Crippen molar-refractivity contribution in [2.75, 3.05) is 30.2 Å². The van der Waals surface area contributed by atoms with Crippen molar-refractivity contribution in [2.24, 2.45) is 11.3 Å². The highest BCUT2D eigenvalue weighted by atomic mass is 16.5. The molecule has 3 rings (SSSR count). The second kappa shape index (κ2) is 8.13. The Morgan fingerprint density at radius 3 is 2.52 bits per heavy atom. The van der Waals surface area contributed by atoms with E-state index in [1.165, 1.54) is 14.2 Å². The van der Waals surface area contributed by atoms with Gasteiger partial charge in [-0.15, -0.1) is 0 Å². The third kappa shape index (κ3) is 4.00. The Bertz CT molecular complexity index is 793. The number of nitrogens with zero attached hydrogens (tertiary/aromatic N) is 1. The van der Waals surface area contributed by atoms with Crippen molar-refractivity contribution in [3.8, 4) is 0 Å². The molecule has 3 atom stereocenters. The van der Waals surface area contributed by atoms with Crippen LogP contribution < -0.4 is 16.0 Å². The lowest BCUT2D eigenvalue weighted by Crippen LogP contribution is -2.43. The van der Waals surface area contributed by atoms with Gasteiger partial charge in [-0.1, -0.05) is 13.8 Å². The molecule has 29 heavy (non-hydrogen) atoms. The summed E-state index contributed by atoms with van der Waals surface area (Å²) in [4.78, 5) is 26.0. The highest BCUT2D eigenvalue weighted by Crippen LogP contribution is 2.44. The summed E-state index contributed by atoms with van der Waals surface area (Å²) in [5.74, 6) is -0.208. The van der Waals surface area contributed by atoms with Gasteiger partial charge in [0.1, 0.15) is 0 Å². The van der Waals surface area contributed by atoms with Gasteiger partial charge in [-0.05, 0) is 56.6 Å². The number of nitrogens with one attached hydrogen (secondary N) is 1. The largest absolute Gasteiger partial charge is 0.469 e. The van der Waals surface area contributed by atoms with Gasteiger partial charge in [0.2, 0.25) is 0 Å². The van der Waals surface area contributed by atoms with Gasteiger partial charge in [0, 0.05) is 17.6 Å². The number of nitrogen functional groups attached to an aromatic ring is 1. The molecule has 0 bridgehead atoms. The van der Waals surface area contributed by atoms with Gasteiger partial charge in [-0.2, -0.15) is 0 Å². The molecule has 2 aliphatic rings. The molecule has 1 aromatic carbocycles. The molecule has 1 saturated carbocycles. The summed E-state index contributed by atoms with van der Waals surface area (Å²) in [5, 5.41) is 3.59. The molecule has 1 fully saturated rings. The highest BCUT2D eigenvalue weighted by molar-refractivity contribution is 5.93. The molecule has 7 nitrogen and oxygen atoms in total. The number of hydrogen-bond acceptors (Lipinski definition) is 6. The van der Waals surface area contributed by atoms with Crippen LogP contribution in [0.4, 0.5) is 21.9 Å². The van der Waals surface area contributed by atoms with Crippen LogP contribution in [0, 0.1) is 11.3 Å². The van der Waals surface area contributed by atoms with Crippen LogP contribution in [0.1, 0.15) is 52.0 Å². The summed E-state index contributed by atoms with van der Waals surface area (Å²) in [6.45, 7) is 6.26. The molecule has 3 N–H and O–H groups in total. The number of hydrogen-bond donors (Lipinski definition) is 2. The van der Waals surface area contributed by atoms with E-state index in [0.717, 1.165) is 49.0 Å². The molecule has 1 aliphatic carbocycles. The van der Waals surface area contributed by atoms with E-state index < -0.39 is 0 Å². The van der Waals surface area contributed by atoms with Crippen LogP contribution in [0.25, 0.3) is 0 Å². The molecule has 1 amide bonds. The monoisotopic (exact) mass is 403 g/mol. The molecule has 1 heterocycles. The van der Waals surface area contributed by atoms with E-state index in [-0.39, 0.29) is 35.5 Å². The maximum Gasteiger partial charge on any atom is 0.414 e. The maximum atomic E-state index is 12.2. The first-order chi connectivity index (χ1) is 13.7. The molecule has 1 aromatic rings. The lowest BCUT2D eigenvalue weighted by Gasteiger charge is -2.41. The maximum absolute atomic E-state index is 12.2. The zero-order valence-electron chi connectivity index (χ0n) is 18.1. The van der Waals surface area contributed by atoms with Gasteiger partial charge >= 0.3 is 12.1 Å². The number of carbonyl (C=O) groups excluding carboxylic acids is 2. The van der Waals surface area contributed by atoms with Crippen molar-refractivity contribution in [3.63, 3.8) is 0 Å². The van der Waals surface area contributed by atoms with Crippen molar-refractivity contribution >= 4 is 29.1 Å². The average molecular weight is 404 g/mol.